The molecule has 20 heavy (non-hydrogen) atoms. The third-order valence-electron chi connectivity index (χ3n) is 3.26. The van der Waals surface area contributed by atoms with E-state index in [2.05, 4.69) is 33.0 Å². The molecule has 0 spiro atoms. The van der Waals surface area contributed by atoms with Crippen molar-refractivity contribution in [2.45, 2.75) is 33.7 Å². The van der Waals surface area contributed by atoms with Gasteiger partial charge in [0.05, 0.1) is 16.3 Å². The molecule has 0 unspecified atom stereocenters. The number of hydrogen-bond acceptors (Lipinski definition) is 2. The highest BCUT2D eigenvalue weighted by Crippen LogP contribution is 2.17. The summed E-state index contributed by atoms with van der Waals surface area (Å²) in [5, 5.41) is 7.22. The van der Waals surface area contributed by atoms with Gasteiger partial charge in [-0.05, 0) is 60.6 Å². The number of nitrogens with one attached hydrogen (secondary N) is 1. The van der Waals surface area contributed by atoms with E-state index in [0.717, 1.165) is 26.1 Å². The summed E-state index contributed by atoms with van der Waals surface area (Å²) in [5.41, 5.74) is 4.21. The smallest absolute Gasteiger partial charge is 0.226 e. The largest absolute Gasteiger partial charge is 0.326 e. The predicted octanol–water partition coefficient (Wildman–Crippen LogP) is 3.44. The van der Waals surface area contributed by atoms with E-state index < -0.39 is 0 Å². The molecule has 1 N–H and O–H groups in total. The standard InChI is InChI=1S/C15H18IN3O/c1-10-4-5-11(2)14(8-10)18-15(20)6-7-19-12(3)13(16)9-17-19/h4-5,8-9H,6-7H2,1-3H3,(H,18,20). The predicted molar refractivity (Wildman–Crippen MR) is 88.8 cm³/mol. The van der Waals surface area contributed by atoms with Gasteiger partial charge in [-0.3, -0.25) is 9.48 Å². The zero-order valence-electron chi connectivity index (χ0n) is 11.9. The molecule has 0 aliphatic carbocycles. The summed E-state index contributed by atoms with van der Waals surface area (Å²) in [4.78, 5) is 12.0. The Morgan fingerprint density at radius 1 is 1.35 bits per heavy atom. The first-order valence-electron chi connectivity index (χ1n) is 6.52. The molecule has 4 nitrogen and oxygen atoms in total. The van der Waals surface area contributed by atoms with Crippen LogP contribution in [0.15, 0.2) is 24.4 Å². The van der Waals surface area contributed by atoms with Gasteiger partial charge in [0.1, 0.15) is 0 Å². The molecule has 0 atom stereocenters. The lowest BCUT2D eigenvalue weighted by Crippen LogP contribution is -2.16. The van der Waals surface area contributed by atoms with Crippen molar-refractivity contribution in [3.05, 3.63) is 44.8 Å². The van der Waals surface area contributed by atoms with Crippen LogP contribution in [-0.2, 0) is 11.3 Å². The summed E-state index contributed by atoms with van der Waals surface area (Å²) in [6.45, 7) is 6.63. The van der Waals surface area contributed by atoms with Crippen LogP contribution in [0.2, 0.25) is 0 Å². The Labute approximate surface area is 132 Å². The van der Waals surface area contributed by atoms with Crippen LogP contribution in [0.3, 0.4) is 0 Å². The Balaban J connectivity index is 1.96. The first-order valence-corrected chi connectivity index (χ1v) is 7.60. The second-order valence-electron chi connectivity index (χ2n) is 4.92. The van der Waals surface area contributed by atoms with Crippen molar-refractivity contribution < 1.29 is 4.79 Å². The highest BCUT2D eigenvalue weighted by atomic mass is 127. The van der Waals surface area contributed by atoms with Crippen LogP contribution in [0, 0.1) is 24.3 Å². The van der Waals surface area contributed by atoms with Gasteiger partial charge in [0, 0.05) is 17.8 Å². The normalized spacial score (nSPS) is 10.6. The summed E-state index contributed by atoms with van der Waals surface area (Å²) in [6.07, 6.45) is 2.24. The van der Waals surface area contributed by atoms with E-state index in [-0.39, 0.29) is 5.91 Å². The Bertz CT molecular complexity index is 634. The summed E-state index contributed by atoms with van der Waals surface area (Å²) in [6, 6.07) is 6.06. The van der Waals surface area contributed by atoms with E-state index in [1.54, 1.807) is 0 Å². The summed E-state index contributed by atoms with van der Waals surface area (Å²) >= 11 is 2.24. The average molecular weight is 383 g/mol. The lowest BCUT2D eigenvalue weighted by molar-refractivity contribution is -0.116. The summed E-state index contributed by atoms with van der Waals surface area (Å²) in [7, 11) is 0. The lowest BCUT2D eigenvalue weighted by atomic mass is 10.1. The fraction of sp³-hybridized carbons (Fsp3) is 0.333. The zero-order valence-corrected chi connectivity index (χ0v) is 14.1. The third-order valence-corrected chi connectivity index (χ3v) is 4.32. The fourth-order valence-corrected chi connectivity index (χ4v) is 2.34. The fourth-order valence-electron chi connectivity index (χ4n) is 1.94. The highest BCUT2D eigenvalue weighted by Gasteiger charge is 2.08. The first-order chi connectivity index (χ1) is 9.47. The van der Waals surface area contributed by atoms with Crippen molar-refractivity contribution in [3.63, 3.8) is 0 Å². The maximum absolute atomic E-state index is 12.0. The van der Waals surface area contributed by atoms with Crippen molar-refractivity contribution in [3.8, 4) is 0 Å². The molecule has 5 heteroatoms. The van der Waals surface area contributed by atoms with Crippen LogP contribution in [0.5, 0.6) is 0 Å². The van der Waals surface area contributed by atoms with Crippen molar-refractivity contribution >= 4 is 34.2 Å². The van der Waals surface area contributed by atoms with Crippen LogP contribution in [-0.4, -0.2) is 15.7 Å². The van der Waals surface area contributed by atoms with Crippen molar-refractivity contribution in [2.24, 2.45) is 0 Å². The van der Waals surface area contributed by atoms with Crippen LogP contribution >= 0.6 is 22.6 Å². The molecule has 2 aromatic rings. The summed E-state index contributed by atoms with van der Waals surface area (Å²) in [5.74, 6) is 0.0172. The number of nitrogens with zero attached hydrogens (tertiary/aromatic N) is 2. The van der Waals surface area contributed by atoms with E-state index in [1.165, 1.54) is 0 Å². The molecular weight excluding hydrogens is 365 g/mol. The van der Waals surface area contributed by atoms with Crippen LogP contribution in [0.4, 0.5) is 5.69 Å². The maximum Gasteiger partial charge on any atom is 0.226 e. The second kappa shape index (κ2) is 6.39. The molecule has 0 fully saturated rings. The van der Waals surface area contributed by atoms with E-state index in [0.29, 0.717) is 13.0 Å². The Morgan fingerprint density at radius 3 is 2.75 bits per heavy atom. The number of amides is 1. The zero-order chi connectivity index (χ0) is 14.7. The van der Waals surface area contributed by atoms with E-state index in [9.17, 15) is 4.79 Å². The van der Waals surface area contributed by atoms with Crippen LogP contribution in [0.1, 0.15) is 23.2 Å². The van der Waals surface area contributed by atoms with Gasteiger partial charge >= 0.3 is 0 Å². The number of halogens is 1. The van der Waals surface area contributed by atoms with Gasteiger partial charge in [-0.25, -0.2) is 0 Å². The number of rotatable bonds is 4. The van der Waals surface area contributed by atoms with Gasteiger partial charge in [-0.15, -0.1) is 0 Å². The maximum atomic E-state index is 12.0. The van der Waals surface area contributed by atoms with Gasteiger partial charge in [-0.2, -0.15) is 5.10 Å². The molecule has 0 saturated carbocycles. The quantitative estimate of drug-likeness (QED) is 0.823. The van der Waals surface area contributed by atoms with Crippen molar-refractivity contribution in [2.75, 3.05) is 5.32 Å². The SMILES string of the molecule is Cc1ccc(C)c(NC(=O)CCn2ncc(I)c2C)c1. The number of anilines is 1. The minimum atomic E-state index is 0.0172. The molecule has 1 aromatic carbocycles. The molecule has 0 radical (unpaired) electrons. The van der Waals surface area contributed by atoms with Crippen LogP contribution in [0.25, 0.3) is 0 Å². The number of carbonyl (C=O) groups excluding carboxylic acids is 1. The van der Waals surface area contributed by atoms with E-state index >= 15 is 0 Å². The number of carbonyl (C=O) groups is 1. The van der Waals surface area contributed by atoms with Gasteiger partial charge in [0.25, 0.3) is 0 Å². The Kier molecular flexibility index (Phi) is 4.80. The molecule has 2 rings (SSSR count). The van der Waals surface area contributed by atoms with Crippen molar-refractivity contribution in [1.82, 2.24) is 9.78 Å². The monoisotopic (exact) mass is 383 g/mol. The molecule has 1 aromatic heterocycles. The van der Waals surface area contributed by atoms with Gasteiger partial charge in [0.15, 0.2) is 0 Å². The number of aromatic nitrogens is 2. The first kappa shape index (κ1) is 15.0. The molecule has 106 valence electrons. The molecule has 1 amide bonds. The minimum Gasteiger partial charge on any atom is -0.326 e. The molecule has 0 aliphatic rings. The summed E-state index contributed by atoms with van der Waals surface area (Å²) < 4.78 is 2.99. The Hall–Kier alpha value is -1.37. The average Bonchev–Trinajstić information content (AvgIpc) is 2.72. The van der Waals surface area contributed by atoms with Crippen molar-refractivity contribution in [1.29, 1.82) is 0 Å². The number of hydrogen-bond donors (Lipinski definition) is 1. The van der Waals surface area contributed by atoms with Crippen LogP contribution < -0.4 is 5.32 Å². The van der Waals surface area contributed by atoms with Gasteiger partial charge in [0.2, 0.25) is 5.91 Å². The molecule has 0 bridgehead atoms. The van der Waals surface area contributed by atoms with Gasteiger partial charge in [-0.1, -0.05) is 12.1 Å². The van der Waals surface area contributed by atoms with E-state index in [4.69, 9.17) is 0 Å². The highest BCUT2D eigenvalue weighted by molar-refractivity contribution is 14.1. The number of aryl methyl sites for hydroxylation is 3. The lowest BCUT2D eigenvalue weighted by Gasteiger charge is -2.10. The Morgan fingerprint density at radius 2 is 2.10 bits per heavy atom. The van der Waals surface area contributed by atoms with E-state index in [1.807, 2.05) is 49.8 Å². The third kappa shape index (κ3) is 3.59. The molecule has 0 saturated heterocycles. The molecule has 0 aliphatic heterocycles. The topological polar surface area (TPSA) is 46.9 Å². The second-order valence-corrected chi connectivity index (χ2v) is 6.08. The molecule has 1 heterocycles. The minimum absolute atomic E-state index is 0.0172. The molecular formula is C15H18IN3O. The number of benzene rings is 1. The van der Waals surface area contributed by atoms with Gasteiger partial charge < -0.3 is 5.32 Å².